The summed E-state index contributed by atoms with van der Waals surface area (Å²) in [6.45, 7) is 23.5. The molecule has 1 nitrogen and oxygen atoms in total. The summed E-state index contributed by atoms with van der Waals surface area (Å²) in [7, 11) is 0. The molecule has 0 fully saturated rings. The van der Waals surface area contributed by atoms with Gasteiger partial charge in [-0.15, -0.1) is 0 Å². The standard InChI is InChI=1S/C22H46O/c1-11-19(9)21(13-3,15-17(5)6)23-22(14-4,16-18(7)8)20(10)12-2/h17-20H,11-16H2,1-10H3. The van der Waals surface area contributed by atoms with E-state index in [0.717, 1.165) is 12.8 Å². The van der Waals surface area contributed by atoms with Crippen molar-refractivity contribution in [1.82, 2.24) is 0 Å². The van der Waals surface area contributed by atoms with Crippen LogP contribution in [0.15, 0.2) is 0 Å². The van der Waals surface area contributed by atoms with E-state index in [1.807, 2.05) is 0 Å². The van der Waals surface area contributed by atoms with Gasteiger partial charge in [0.25, 0.3) is 0 Å². The lowest BCUT2D eigenvalue weighted by Crippen LogP contribution is -2.52. The number of hydrogen-bond acceptors (Lipinski definition) is 1. The molecule has 0 aromatic carbocycles. The zero-order chi connectivity index (χ0) is 18.3. The summed E-state index contributed by atoms with van der Waals surface area (Å²) in [4.78, 5) is 0. The average Bonchev–Trinajstić information content (AvgIpc) is 2.50. The Bertz CT molecular complexity index is 279. The van der Waals surface area contributed by atoms with Crippen LogP contribution in [0, 0.1) is 23.7 Å². The number of rotatable bonds is 12. The molecule has 140 valence electrons. The molecule has 0 aromatic rings. The Morgan fingerprint density at radius 2 is 0.913 bits per heavy atom. The minimum absolute atomic E-state index is 0.0250. The van der Waals surface area contributed by atoms with Crippen LogP contribution in [0.4, 0.5) is 0 Å². The summed E-state index contributed by atoms with van der Waals surface area (Å²) < 4.78 is 7.25. The Kier molecular flexibility index (Phi) is 10.0. The molecule has 0 saturated carbocycles. The second-order valence-corrected chi connectivity index (χ2v) is 8.75. The second kappa shape index (κ2) is 10.1. The van der Waals surface area contributed by atoms with Gasteiger partial charge < -0.3 is 4.74 Å². The molecule has 0 rings (SSSR count). The SMILES string of the molecule is CCC(C)C(CC)(CC(C)C)OC(CC)(CC(C)C)C(C)CC. The van der Waals surface area contributed by atoms with Gasteiger partial charge >= 0.3 is 0 Å². The van der Waals surface area contributed by atoms with E-state index >= 15 is 0 Å². The quantitative estimate of drug-likeness (QED) is 0.361. The fraction of sp³-hybridized carbons (Fsp3) is 1.00. The zero-order valence-corrected chi connectivity index (χ0v) is 18.0. The summed E-state index contributed by atoms with van der Waals surface area (Å²) in [6.07, 6.45) is 6.99. The predicted octanol–water partition coefficient (Wildman–Crippen LogP) is 7.49. The van der Waals surface area contributed by atoms with Crippen molar-refractivity contribution in [1.29, 1.82) is 0 Å². The average molecular weight is 327 g/mol. The van der Waals surface area contributed by atoms with Crippen LogP contribution in [0.25, 0.3) is 0 Å². The summed E-state index contributed by atoms with van der Waals surface area (Å²) in [5.41, 5.74) is 0.0501. The van der Waals surface area contributed by atoms with Crippen molar-refractivity contribution in [2.24, 2.45) is 23.7 Å². The van der Waals surface area contributed by atoms with Gasteiger partial charge in [-0.05, 0) is 49.4 Å². The zero-order valence-electron chi connectivity index (χ0n) is 18.0. The third-order valence-corrected chi connectivity index (χ3v) is 6.13. The van der Waals surface area contributed by atoms with Crippen LogP contribution in [0.5, 0.6) is 0 Å². The Morgan fingerprint density at radius 1 is 0.609 bits per heavy atom. The maximum Gasteiger partial charge on any atom is 0.0715 e. The normalized spacial score (nSPS) is 20.3. The Balaban J connectivity index is 5.82. The topological polar surface area (TPSA) is 9.23 Å². The lowest BCUT2D eigenvalue weighted by molar-refractivity contribution is -0.218. The van der Waals surface area contributed by atoms with Gasteiger partial charge in [-0.25, -0.2) is 0 Å². The van der Waals surface area contributed by atoms with Gasteiger partial charge in [0.05, 0.1) is 11.2 Å². The third kappa shape index (κ3) is 6.07. The van der Waals surface area contributed by atoms with E-state index in [1.165, 1.54) is 25.7 Å². The first-order valence-corrected chi connectivity index (χ1v) is 10.3. The molecule has 0 aliphatic heterocycles. The van der Waals surface area contributed by atoms with E-state index in [9.17, 15) is 0 Å². The highest BCUT2D eigenvalue weighted by molar-refractivity contribution is 4.94. The molecule has 0 spiro atoms. The molecule has 0 bridgehead atoms. The largest absolute Gasteiger partial charge is 0.368 e. The number of hydrogen-bond donors (Lipinski definition) is 0. The molecule has 0 aliphatic rings. The highest BCUT2D eigenvalue weighted by Crippen LogP contribution is 2.45. The molecule has 4 atom stereocenters. The first-order valence-electron chi connectivity index (χ1n) is 10.3. The van der Waals surface area contributed by atoms with Crippen LogP contribution in [0.2, 0.25) is 0 Å². The van der Waals surface area contributed by atoms with E-state index in [2.05, 4.69) is 69.2 Å². The molecular formula is C22H46O. The third-order valence-electron chi connectivity index (χ3n) is 6.13. The van der Waals surface area contributed by atoms with Gasteiger partial charge in [0, 0.05) is 0 Å². The summed E-state index contributed by atoms with van der Waals surface area (Å²) in [6, 6.07) is 0. The highest BCUT2D eigenvalue weighted by atomic mass is 16.5. The Morgan fingerprint density at radius 3 is 1.09 bits per heavy atom. The fourth-order valence-electron chi connectivity index (χ4n) is 4.35. The predicted molar refractivity (Wildman–Crippen MR) is 105 cm³/mol. The maximum atomic E-state index is 7.25. The minimum Gasteiger partial charge on any atom is -0.368 e. The molecule has 0 aliphatic carbocycles. The van der Waals surface area contributed by atoms with Crippen LogP contribution in [-0.2, 0) is 4.74 Å². The molecule has 0 amide bonds. The summed E-state index contributed by atoms with van der Waals surface area (Å²) in [5.74, 6) is 2.57. The molecule has 1 heteroatoms. The number of ether oxygens (including phenoxy) is 1. The second-order valence-electron chi connectivity index (χ2n) is 8.75. The molecule has 0 radical (unpaired) electrons. The van der Waals surface area contributed by atoms with Crippen molar-refractivity contribution >= 4 is 0 Å². The Hall–Kier alpha value is -0.0400. The van der Waals surface area contributed by atoms with E-state index in [4.69, 9.17) is 4.74 Å². The first-order chi connectivity index (χ1) is 10.6. The summed E-state index contributed by atoms with van der Waals surface area (Å²) >= 11 is 0. The van der Waals surface area contributed by atoms with Gasteiger partial charge in [0.2, 0.25) is 0 Å². The molecule has 4 unspecified atom stereocenters. The van der Waals surface area contributed by atoms with Gasteiger partial charge in [-0.2, -0.15) is 0 Å². The van der Waals surface area contributed by atoms with E-state index in [1.54, 1.807) is 0 Å². The first kappa shape index (κ1) is 23.0. The minimum atomic E-state index is 0.0250. The van der Waals surface area contributed by atoms with Crippen LogP contribution in [-0.4, -0.2) is 11.2 Å². The molecule has 0 saturated heterocycles. The van der Waals surface area contributed by atoms with Gasteiger partial charge in [0.15, 0.2) is 0 Å². The van der Waals surface area contributed by atoms with Crippen LogP contribution in [0.1, 0.15) is 108 Å². The lowest BCUT2D eigenvalue weighted by Gasteiger charge is -2.51. The van der Waals surface area contributed by atoms with Crippen LogP contribution >= 0.6 is 0 Å². The van der Waals surface area contributed by atoms with Crippen LogP contribution in [0.3, 0.4) is 0 Å². The van der Waals surface area contributed by atoms with Gasteiger partial charge in [-0.1, -0.05) is 82.1 Å². The van der Waals surface area contributed by atoms with Crippen molar-refractivity contribution in [2.75, 3.05) is 0 Å². The maximum absolute atomic E-state index is 7.25. The van der Waals surface area contributed by atoms with Crippen LogP contribution < -0.4 is 0 Å². The Labute approximate surface area is 148 Å². The molecule has 0 N–H and O–H groups in total. The monoisotopic (exact) mass is 326 g/mol. The lowest BCUT2D eigenvalue weighted by atomic mass is 9.74. The molecular weight excluding hydrogens is 280 g/mol. The smallest absolute Gasteiger partial charge is 0.0715 e. The van der Waals surface area contributed by atoms with E-state index < -0.39 is 0 Å². The van der Waals surface area contributed by atoms with Crippen molar-refractivity contribution in [3.05, 3.63) is 0 Å². The summed E-state index contributed by atoms with van der Waals surface area (Å²) in [5, 5.41) is 0. The van der Waals surface area contributed by atoms with Crippen molar-refractivity contribution < 1.29 is 4.74 Å². The van der Waals surface area contributed by atoms with Crippen molar-refractivity contribution in [3.8, 4) is 0 Å². The van der Waals surface area contributed by atoms with Crippen molar-refractivity contribution in [3.63, 3.8) is 0 Å². The van der Waals surface area contributed by atoms with Gasteiger partial charge in [-0.3, -0.25) is 0 Å². The van der Waals surface area contributed by atoms with Gasteiger partial charge in [0.1, 0.15) is 0 Å². The molecule has 0 heterocycles. The molecule has 0 aromatic heterocycles. The highest BCUT2D eigenvalue weighted by Gasteiger charge is 2.45. The fourth-order valence-corrected chi connectivity index (χ4v) is 4.35. The van der Waals surface area contributed by atoms with Crippen molar-refractivity contribution in [2.45, 2.75) is 119 Å². The van der Waals surface area contributed by atoms with E-state index in [-0.39, 0.29) is 11.2 Å². The molecule has 23 heavy (non-hydrogen) atoms. The van der Waals surface area contributed by atoms with E-state index in [0.29, 0.717) is 23.7 Å².